The molecule has 0 unspecified atom stereocenters. The highest BCUT2D eigenvalue weighted by molar-refractivity contribution is 5.54. The van der Waals surface area contributed by atoms with E-state index in [1.54, 1.807) is 6.20 Å². The number of hydrogen-bond acceptors (Lipinski definition) is 7. The molecule has 7 heteroatoms. The summed E-state index contributed by atoms with van der Waals surface area (Å²) >= 11 is 0. The normalized spacial score (nSPS) is 15.5. The van der Waals surface area contributed by atoms with Crippen molar-refractivity contribution in [1.82, 2.24) is 19.9 Å². The minimum absolute atomic E-state index is 0.208. The summed E-state index contributed by atoms with van der Waals surface area (Å²) in [4.78, 5) is 18.1. The van der Waals surface area contributed by atoms with Gasteiger partial charge in [-0.05, 0) is 18.6 Å². The molecule has 1 aliphatic rings. The van der Waals surface area contributed by atoms with Gasteiger partial charge >= 0.3 is 0 Å². The third-order valence-corrected chi connectivity index (χ3v) is 4.12. The first-order valence-electron chi connectivity index (χ1n) is 8.42. The maximum absolute atomic E-state index is 9.05. The molecule has 0 spiro atoms. The summed E-state index contributed by atoms with van der Waals surface area (Å²) in [7, 11) is 0. The summed E-state index contributed by atoms with van der Waals surface area (Å²) < 4.78 is 0. The lowest BCUT2D eigenvalue weighted by Gasteiger charge is -2.34. The molecule has 128 valence electrons. The fourth-order valence-corrected chi connectivity index (χ4v) is 2.75. The molecule has 1 fully saturated rings. The smallest absolute Gasteiger partial charge is 0.227 e. The molecule has 7 nitrogen and oxygen atoms in total. The van der Waals surface area contributed by atoms with E-state index in [9.17, 15) is 0 Å². The third-order valence-electron chi connectivity index (χ3n) is 4.12. The number of aromatic nitrogens is 3. The van der Waals surface area contributed by atoms with Crippen molar-refractivity contribution in [1.29, 1.82) is 0 Å². The van der Waals surface area contributed by atoms with Crippen LogP contribution in [0.5, 0.6) is 0 Å². The Bertz CT molecular complexity index is 643. The number of aliphatic hydroxyl groups is 1. The van der Waals surface area contributed by atoms with Crippen LogP contribution in [0, 0.1) is 0 Å². The average molecular weight is 328 g/mol. The van der Waals surface area contributed by atoms with Gasteiger partial charge in [-0.25, -0.2) is 9.97 Å². The number of β-amino-alcohol motifs (C(OH)–C–C–N with tert-alkyl or cyclic N) is 1. The van der Waals surface area contributed by atoms with Crippen LogP contribution in [-0.2, 0) is 6.42 Å². The van der Waals surface area contributed by atoms with Gasteiger partial charge in [0.15, 0.2) is 0 Å². The van der Waals surface area contributed by atoms with Gasteiger partial charge in [-0.2, -0.15) is 4.98 Å². The molecule has 0 radical (unpaired) electrons. The Morgan fingerprint density at radius 3 is 2.62 bits per heavy atom. The van der Waals surface area contributed by atoms with Gasteiger partial charge in [-0.3, -0.25) is 4.90 Å². The van der Waals surface area contributed by atoms with Gasteiger partial charge in [0.2, 0.25) is 5.95 Å². The van der Waals surface area contributed by atoms with Gasteiger partial charge in [-0.15, -0.1) is 0 Å². The summed E-state index contributed by atoms with van der Waals surface area (Å²) in [5.41, 5.74) is 1.01. The lowest BCUT2D eigenvalue weighted by atomic mass is 10.3. The molecule has 0 atom stereocenters. The highest BCUT2D eigenvalue weighted by atomic mass is 16.3. The molecule has 2 aromatic heterocycles. The Kier molecular flexibility index (Phi) is 5.55. The predicted molar refractivity (Wildman–Crippen MR) is 94.7 cm³/mol. The predicted octanol–water partition coefficient (Wildman–Crippen LogP) is 1.29. The second-order valence-corrected chi connectivity index (χ2v) is 5.79. The topological polar surface area (TPSA) is 77.4 Å². The highest BCUT2D eigenvalue weighted by Crippen LogP contribution is 2.19. The molecular weight excluding hydrogens is 304 g/mol. The number of hydrogen-bond donors (Lipinski definition) is 2. The molecule has 24 heavy (non-hydrogen) atoms. The van der Waals surface area contributed by atoms with Crippen LogP contribution in [0.1, 0.15) is 12.6 Å². The molecule has 3 rings (SSSR count). The van der Waals surface area contributed by atoms with E-state index < -0.39 is 0 Å². The lowest BCUT2D eigenvalue weighted by molar-refractivity contribution is 0.188. The number of pyridine rings is 1. The second kappa shape index (κ2) is 8.03. The van der Waals surface area contributed by atoms with Crippen LogP contribution >= 0.6 is 0 Å². The van der Waals surface area contributed by atoms with Gasteiger partial charge in [0.1, 0.15) is 11.6 Å². The Hall–Kier alpha value is -2.25. The van der Waals surface area contributed by atoms with E-state index in [2.05, 4.69) is 37.0 Å². The van der Waals surface area contributed by atoms with Crippen LogP contribution in [0.3, 0.4) is 0 Å². The maximum Gasteiger partial charge on any atom is 0.227 e. The van der Waals surface area contributed by atoms with Crippen molar-refractivity contribution in [3.8, 4) is 0 Å². The Balaban J connectivity index is 1.75. The summed E-state index contributed by atoms with van der Waals surface area (Å²) in [6, 6.07) is 7.72. The van der Waals surface area contributed by atoms with E-state index in [-0.39, 0.29) is 6.61 Å². The van der Waals surface area contributed by atoms with Crippen molar-refractivity contribution in [3.05, 3.63) is 36.2 Å². The number of anilines is 3. The monoisotopic (exact) mass is 328 g/mol. The molecule has 1 saturated heterocycles. The molecule has 0 saturated carbocycles. The van der Waals surface area contributed by atoms with Crippen molar-refractivity contribution in [3.63, 3.8) is 0 Å². The SMILES string of the molecule is CCc1cc(Nc2ccccn2)nc(N2CCN(CCO)CC2)n1. The van der Waals surface area contributed by atoms with Crippen LogP contribution in [0.25, 0.3) is 0 Å². The van der Waals surface area contributed by atoms with Crippen LogP contribution in [0.2, 0.25) is 0 Å². The molecule has 2 aromatic rings. The molecule has 0 aromatic carbocycles. The van der Waals surface area contributed by atoms with E-state index in [0.717, 1.165) is 62.4 Å². The number of nitrogens with one attached hydrogen (secondary N) is 1. The van der Waals surface area contributed by atoms with Gasteiger partial charge in [0, 0.05) is 50.7 Å². The summed E-state index contributed by atoms with van der Waals surface area (Å²) in [6.45, 7) is 6.62. The van der Waals surface area contributed by atoms with Gasteiger partial charge in [0.25, 0.3) is 0 Å². The fraction of sp³-hybridized carbons (Fsp3) is 0.471. The highest BCUT2D eigenvalue weighted by Gasteiger charge is 2.19. The maximum atomic E-state index is 9.05. The first-order valence-corrected chi connectivity index (χ1v) is 8.42. The van der Waals surface area contributed by atoms with Gasteiger partial charge in [0.05, 0.1) is 6.61 Å². The van der Waals surface area contributed by atoms with Crippen LogP contribution in [0.4, 0.5) is 17.6 Å². The van der Waals surface area contributed by atoms with E-state index >= 15 is 0 Å². The zero-order valence-corrected chi connectivity index (χ0v) is 14.0. The van der Waals surface area contributed by atoms with Crippen LogP contribution in [0.15, 0.2) is 30.5 Å². The van der Waals surface area contributed by atoms with Crippen molar-refractivity contribution < 1.29 is 5.11 Å². The lowest BCUT2D eigenvalue weighted by Crippen LogP contribution is -2.47. The molecular formula is C17H24N6O. The Labute approximate surface area is 142 Å². The first kappa shape index (κ1) is 16.6. The molecule has 2 N–H and O–H groups in total. The van der Waals surface area contributed by atoms with E-state index in [1.807, 2.05) is 24.3 Å². The molecule has 0 amide bonds. The van der Waals surface area contributed by atoms with Crippen molar-refractivity contribution in [2.45, 2.75) is 13.3 Å². The van der Waals surface area contributed by atoms with Crippen LogP contribution < -0.4 is 10.2 Å². The van der Waals surface area contributed by atoms with Crippen molar-refractivity contribution in [2.24, 2.45) is 0 Å². The summed E-state index contributed by atoms with van der Waals surface area (Å²) in [5, 5.41) is 12.3. The van der Waals surface area contributed by atoms with E-state index in [4.69, 9.17) is 5.11 Å². The number of piperazine rings is 1. The number of aryl methyl sites for hydroxylation is 1. The third kappa shape index (κ3) is 4.18. The zero-order chi connectivity index (χ0) is 16.8. The summed E-state index contributed by atoms with van der Waals surface area (Å²) in [5.74, 6) is 2.31. The first-order chi connectivity index (χ1) is 11.8. The summed E-state index contributed by atoms with van der Waals surface area (Å²) in [6.07, 6.45) is 2.61. The van der Waals surface area contributed by atoms with Gasteiger partial charge in [-0.1, -0.05) is 13.0 Å². The Morgan fingerprint density at radius 2 is 1.96 bits per heavy atom. The van der Waals surface area contributed by atoms with Gasteiger partial charge < -0.3 is 15.3 Å². The van der Waals surface area contributed by atoms with Crippen LogP contribution in [-0.4, -0.2) is 64.3 Å². The number of aliphatic hydroxyl groups excluding tert-OH is 1. The van der Waals surface area contributed by atoms with Crippen molar-refractivity contribution in [2.75, 3.05) is 49.5 Å². The minimum atomic E-state index is 0.208. The average Bonchev–Trinajstić information content (AvgIpc) is 2.63. The quantitative estimate of drug-likeness (QED) is 0.827. The number of rotatable bonds is 6. The number of nitrogens with zero attached hydrogens (tertiary/aromatic N) is 5. The molecule has 1 aliphatic heterocycles. The second-order valence-electron chi connectivity index (χ2n) is 5.79. The molecule has 3 heterocycles. The zero-order valence-electron chi connectivity index (χ0n) is 14.0. The van der Waals surface area contributed by atoms with E-state index in [0.29, 0.717) is 0 Å². The molecule has 0 aliphatic carbocycles. The largest absolute Gasteiger partial charge is 0.395 e. The van der Waals surface area contributed by atoms with Crippen molar-refractivity contribution >= 4 is 17.6 Å². The minimum Gasteiger partial charge on any atom is -0.395 e. The van der Waals surface area contributed by atoms with E-state index in [1.165, 1.54) is 0 Å². The Morgan fingerprint density at radius 1 is 1.12 bits per heavy atom. The fourth-order valence-electron chi connectivity index (χ4n) is 2.75. The molecule has 0 bridgehead atoms. The standard InChI is InChI=1S/C17H24N6O/c1-2-14-13-16(20-15-5-3-4-6-18-15)21-17(19-14)23-9-7-22(8-10-23)11-12-24/h3-6,13,24H,2,7-12H2,1H3,(H,18,19,20,21).